The number of hydrogen-bond acceptors (Lipinski definition) is 14. The molecule has 6 aromatic rings. The van der Waals surface area contributed by atoms with Gasteiger partial charge < -0.3 is 40.9 Å². The molecule has 2 bridgehead atoms. The number of halogens is 2. The quantitative estimate of drug-likeness (QED) is 0.0299. The van der Waals surface area contributed by atoms with Crippen molar-refractivity contribution >= 4 is 62.5 Å². The standard InChI is InChI=1S/C66H81F2N11O6S/c1-8-49-52(67)28-25-43-30-48(80)32-50(56(43)49)58-57(68)59-51(33-69-58)62(78-35-44-26-27-45(36-78)72-44)76-65(75-59)85-37-47-31-46(34-77(47)7)73-54(81)19-15-13-11-9-10-12-14-16-20-55(82)74-61(66(4,5)6)64(84)79-29-17-18-53(79)63(83)71-39(2)41-21-23-42(24-22-41)60-40(3)70-38-86-60/h1,21-25,28,30,32-33,38-39,44-47,53,61,72,80H,9-20,26-27,29,31,34-37H2,2-7H3,(H,71,83)(H,73,81)(H,74,82)/t39-,44?,45?,46+,47-,53-,61?/m0/s1. The number of fused-ring (bicyclic) bond motifs is 4. The molecule has 7 atom stereocenters. The van der Waals surface area contributed by atoms with E-state index < -0.39 is 29.1 Å². The summed E-state index contributed by atoms with van der Waals surface area (Å²) in [7, 11) is 1.98. The van der Waals surface area contributed by atoms with Crippen molar-refractivity contribution in [1.29, 1.82) is 0 Å². The summed E-state index contributed by atoms with van der Waals surface area (Å²) < 4.78 is 38.5. The van der Waals surface area contributed by atoms with Gasteiger partial charge >= 0.3 is 6.01 Å². The van der Waals surface area contributed by atoms with Gasteiger partial charge in [0.05, 0.1) is 33.1 Å². The van der Waals surface area contributed by atoms with E-state index >= 15 is 8.78 Å². The van der Waals surface area contributed by atoms with Gasteiger partial charge in [0.2, 0.25) is 23.6 Å². The van der Waals surface area contributed by atoms with Crippen LogP contribution in [-0.2, 0) is 19.2 Å². The fraction of sp³-hybridized carbons (Fsp3) is 0.515. The van der Waals surface area contributed by atoms with E-state index in [-0.39, 0.29) is 99.9 Å². The summed E-state index contributed by atoms with van der Waals surface area (Å²) in [4.78, 5) is 79.8. The van der Waals surface area contributed by atoms with Crippen molar-refractivity contribution in [2.75, 3.05) is 44.7 Å². The number of nitrogens with one attached hydrogen (secondary N) is 4. The topological polar surface area (TPSA) is 207 Å². The number of phenolic OH excluding ortho intramolecular Hbond substituents is 1. The third-order valence-electron chi connectivity index (χ3n) is 17.7. The number of ether oxygens (including phenoxy) is 1. The van der Waals surface area contributed by atoms with E-state index in [9.17, 15) is 24.3 Å². The number of hydrogen-bond donors (Lipinski definition) is 5. The number of phenols is 1. The highest BCUT2D eigenvalue weighted by Gasteiger charge is 2.42. The van der Waals surface area contributed by atoms with Gasteiger partial charge in [0.15, 0.2) is 5.82 Å². The van der Waals surface area contributed by atoms with E-state index in [4.69, 9.17) is 16.1 Å². The molecule has 3 unspecified atom stereocenters. The number of piperazine rings is 1. The zero-order valence-corrected chi connectivity index (χ0v) is 51.1. The van der Waals surface area contributed by atoms with E-state index in [2.05, 4.69) is 51.9 Å². The summed E-state index contributed by atoms with van der Waals surface area (Å²) in [5.74, 6) is 0.747. The number of thiazole rings is 1. The highest BCUT2D eigenvalue weighted by atomic mass is 32.1. The summed E-state index contributed by atoms with van der Waals surface area (Å²) in [5.41, 5.74) is 4.21. The second-order valence-corrected chi connectivity index (χ2v) is 26.0. The summed E-state index contributed by atoms with van der Waals surface area (Å²) in [6.45, 7) is 12.4. The summed E-state index contributed by atoms with van der Waals surface area (Å²) >= 11 is 1.60. The fourth-order valence-electron chi connectivity index (χ4n) is 13.0. The molecule has 4 fully saturated rings. The monoisotopic (exact) mass is 1190 g/mol. The largest absolute Gasteiger partial charge is 0.508 e. The molecule has 3 aromatic carbocycles. The number of carbonyl (C=O) groups excluding carboxylic acids is 4. The Morgan fingerprint density at radius 2 is 1.59 bits per heavy atom. The number of likely N-dealkylation sites (N-methyl/N-ethyl adjacent to an activating group) is 1. The Labute approximate surface area is 506 Å². The van der Waals surface area contributed by atoms with Gasteiger partial charge in [-0.2, -0.15) is 9.97 Å². The Hall–Kier alpha value is -7.34. The second kappa shape index (κ2) is 27.1. The first-order chi connectivity index (χ1) is 41.3. The van der Waals surface area contributed by atoms with Crippen LogP contribution < -0.4 is 30.9 Å². The zero-order chi connectivity index (χ0) is 60.8. The molecular formula is C66H81F2N11O6S. The highest BCUT2D eigenvalue weighted by Crippen LogP contribution is 2.40. The zero-order valence-electron chi connectivity index (χ0n) is 50.3. The van der Waals surface area contributed by atoms with Crippen molar-refractivity contribution in [3.63, 3.8) is 0 Å². The number of unbranched alkanes of at least 4 members (excludes halogenated alkanes) is 7. The molecule has 0 radical (unpaired) electrons. The fourth-order valence-corrected chi connectivity index (χ4v) is 13.8. The number of aromatic nitrogens is 4. The van der Waals surface area contributed by atoms with Crippen molar-refractivity contribution in [3.05, 3.63) is 88.7 Å². The summed E-state index contributed by atoms with van der Waals surface area (Å²) in [5, 5.41) is 24.8. The maximum Gasteiger partial charge on any atom is 0.319 e. The van der Waals surface area contributed by atoms with E-state index in [1.54, 1.807) is 16.2 Å². The molecule has 456 valence electrons. The number of amides is 4. The van der Waals surface area contributed by atoms with Gasteiger partial charge in [-0.25, -0.2) is 13.8 Å². The Kier molecular flexibility index (Phi) is 19.5. The van der Waals surface area contributed by atoms with Crippen LogP contribution in [0.1, 0.15) is 147 Å². The average molecular weight is 1190 g/mol. The van der Waals surface area contributed by atoms with Crippen LogP contribution in [-0.4, -0.2) is 135 Å². The van der Waals surface area contributed by atoms with Crippen molar-refractivity contribution in [2.45, 2.75) is 173 Å². The van der Waals surface area contributed by atoms with Crippen LogP contribution >= 0.6 is 11.3 Å². The second-order valence-electron chi connectivity index (χ2n) is 25.1. The average Bonchev–Trinajstić information content (AvgIpc) is 1.06. The number of aromatic hydroxyl groups is 1. The minimum atomic E-state index is -0.782. The lowest BCUT2D eigenvalue weighted by Gasteiger charge is -2.35. The molecule has 7 heterocycles. The van der Waals surface area contributed by atoms with Crippen LogP contribution in [0.15, 0.2) is 60.2 Å². The van der Waals surface area contributed by atoms with Gasteiger partial charge in [-0.15, -0.1) is 17.8 Å². The lowest BCUT2D eigenvalue weighted by atomic mass is 9.85. The minimum absolute atomic E-state index is 0.00251. The molecule has 4 aliphatic rings. The predicted molar refractivity (Wildman–Crippen MR) is 332 cm³/mol. The molecule has 0 aliphatic carbocycles. The summed E-state index contributed by atoms with van der Waals surface area (Å²) in [6, 6.07) is 12.3. The molecule has 0 saturated carbocycles. The first kappa shape index (κ1) is 61.7. The Bertz CT molecular complexity index is 3480. The molecule has 4 amide bonds. The van der Waals surface area contributed by atoms with E-state index in [1.807, 2.05) is 71.4 Å². The first-order valence-corrected chi connectivity index (χ1v) is 31.5. The lowest BCUT2D eigenvalue weighted by molar-refractivity contribution is -0.144. The molecule has 86 heavy (non-hydrogen) atoms. The first-order valence-electron chi connectivity index (χ1n) is 30.7. The third kappa shape index (κ3) is 14.2. The van der Waals surface area contributed by atoms with Gasteiger partial charge in [0.25, 0.3) is 0 Å². The lowest BCUT2D eigenvalue weighted by Crippen LogP contribution is -2.57. The van der Waals surface area contributed by atoms with Gasteiger partial charge in [-0.1, -0.05) is 95.5 Å². The van der Waals surface area contributed by atoms with Gasteiger partial charge in [-0.05, 0) is 106 Å². The van der Waals surface area contributed by atoms with Crippen molar-refractivity contribution < 1.29 is 37.8 Å². The van der Waals surface area contributed by atoms with Crippen LogP contribution in [0.2, 0.25) is 0 Å². The normalized spacial score (nSPS) is 20.3. The number of benzene rings is 3. The SMILES string of the molecule is C#Cc1c(F)ccc2cc(O)cc(-c3ncc4c(N5CC6CCC(C5)N6)nc(OC[C@@H]5C[C@@H](NC(=O)CCCCCCCCCCC(=O)NC(C(=O)N6CCC[C@H]6C(=O)N[C@@H](C)c6ccc(-c7scnc7C)cc6)C(C)(C)C)CN5C)nc4c3F)c12. The van der Waals surface area contributed by atoms with Crippen LogP contribution in [0, 0.1) is 36.3 Å². The highest BCUT2D eigenvalue weighted by molar-refractivity contribution is 7.13. The molecule has 20 heteroatoms. The Morgan fingerprint density at radius 1 is 0.895 bits per heavy atom. The van der Waals surface area contributed by atoms with E-state index in [0.29, 0.717) is 81.3 Å². The van der Waals surface area contributed by atoms with Crippen molar-refractivity contribution in [2.24, 2.45) is 5.41 Å². The minimum Gasteiger partial charge on any atom is -0.508 e. The summed E-state index contributed by atoms with van der Waals surface area (Å²) in [6.07, 6.45) is 19.4. The number of likely N-dealkylation sites (tertiary alicyclic amines) is 2. The van der Waals surface area contributed by atoms with Crippen LogP contribution in [0.5, 0.6) is 11.8 Å². The van der Waals surface area contributed by atoms with E-state index in [0.717, 1.165) is 79.5 Å². The number of aryl methyl sites for hydroxylation is 1. The van der Waals surface area contributed by atoms with Gasteiger partial charge in [0.1, 0.15) is 47.3 Å². The molecular weight excluding hydrogens is 1110 g/mol. The van der Waals surface area contributed by atoms with Gasteiger partial charge in [0, 0.05) is 80.3 Å². The predicted octanol–water partition coefficient (Wildman–Crippen LogP) is 10.1. The molecule has 4 saturated heterocycles. The Balaban J connectivity index is 0.639. The number of rotatable bonds is 23. The molecule has 0 spiro atoms. The van der Waals surface area contributed by atoms with Crippen molar-refractivity contribution in [1.82, 2.24) is 51.0 Å². The van der Waals surface area contributed by atoms with Crippen LogP contribution in [0.25, 0.3) is 43.4 Å². The van der Waals surface area contributed by atoms with Crippen LogP contribution in [0.4, 0.5) is 14.6 Å². The smallest absolute Gasteiger partial charge is 0.319 e. The molecule has 5 N–H and O–H groups in total. The number of pyridine rings is 1. The maximum absolute atomic E-state index is 17.1. The Morgan fingerprint density at radius 3 is 2.27 bits per heavy atom. The van der Waals surface area contributed by atoms with E-state index in [1.165, 1.54) is 30.5 Å². The number of terminal acetylenes is 1. The molecule has 4 aliphatic heterocycles. The third-order valence-corrected chi connectivity index (χ3v) is 18.6. The number of carbonyl (C=O) groups is 4. The number of anilines is 1. The molecule has 17 nitrogen and oxygen atoms in total. The molecule has 10 rings (SSSR count). The number of nitrogens with zero attached hydrogens (tertiary/aromatic N) is 7. The maximum atomic E-state index is 17.1. The van der Waals surface area contributed by atoms with Crippen LogP contribution in [0.3, 0.4) is 0 Å². The molecule has 3 aromatic heterocycles. The van der Waals surface area contributed by atoms with Gasteiger partial charge in [-0.3, -0.25) is 29.1 Å². The van der Waals surface area contributed by atoms with Crippen molar-refractivity contribution in [3.8, 4) is 45.8 Å².